The summed E-state index contributed by atoms with van der Waals surface area (Å²) in [5.41, 5.74) is 0.865. The molecule has 0 bridgehead atoms. The maximum atomic E-state index is 12.5. The molecular weight excluding hydrogens is 342 g/mol. The Labute approximate surface area is 147 Å². The molecule has 7 heteroatoms. The number of nitrogens with zero attached hydrogens (tertiary/aromatic N) is 1. The molecule has 1 aliphatic carbocycles. The van der Waals surface area contributed by atoms with Gasteiger partial charge in [0.2, 0.25) is 5.91 Å². The van der Waals surface area contributed by atoms with Gasteiger partial charge in [-0.3, -0.25) is 9.59 Å². The van der Waals surface area contributed by atoms with Crippen LogP contribution < -0.4 is 0 Å². The summed E-state index contributed by atoms with van der Waals surface area (Å²) >= 11 is 0. The van der Waals surface area contributed by atoms with Gasteiger partial charge in [-0.05, 0) is 18.4 Å². The minimum Gasteiger partial charge on any atom is -0.481 e. The lowest BCUT2D eigenvalue weighted by Gasteiger charge is -2.18. The quantitative estimate of drug-likeness (QED) is 0.857. The van der Waals surface area contributed by atoms with Crippen LogP contribution in [0.4, 0.5) is 0 Å². The predicted molar refractivity (Wildman–Crippen MR) is 92.9 cm³/mol. The van der Waals surface area contributed by atoms with E-state index >= 15 is 0 Å². The summed E-state index contributed by atoms with van der Waals surface area (Å²) in [7, 11) is -3.46. The number of likely N-dealkylation sites (tertiary alicyclic amines) is 1. The zero-order valence-corrected chi connectivity index (χ0v) is 14.8. The molecule has 1 aromatic rings. The van der Waals surface area contributed by atoms with Crippen molar-refractivity contribution >= 4 is 21.7 Å². The molecule has 6 nitrogen and oxygen atoms in total. The van der Waals surface area contributed by atoms with Gasteiger partial charge in [0.05, 0.1) is 11.2 Å². The van der Waals surface area contributed by atoms with Crippen molar-refractivity contribution in [1.82, 2.24) is 4.90 Å². The molecule has 2 fully saturated rings. The van der Waals surface area contributed by atoms with Gasteiger partial charge in [-0.15, -0.1) is 0 Å². The van der Waals surface area contributed by atoms with Crippen LogP contribution in [-0.4, -0.2) is 54.4 Å². The van der Waals surface area contributed by atoms with E-state index in [-0.39, 0.29) is 19.0 Å². The minimum absolute atomic E-state index is 0.0634. The number of sulfone groups is 1. The lowest BCUT2D eigenvalue weighted by atomic mass is 9.89. The minimum atomic E-state index is -3.46. The van der Waals surface area contributed by atoms with E-state index in [2.05, 4.69) is 0 Å². The Hall–Kier alpha value is -1.89. The molecule has 1 saturated carbocycles. The van der Waals surface area contributed by atoms with Crippen LogP contribution in [0.25, 0.3) is 0 Å². The summed E-state index contributed by atoms with van der Waals surface area (Å²) in [4.78, 5) is 25.5. The predicted octanol–water partition coefficient (Wildman–Crippen LogP) is 1.67. The van der Waals surface area contributed by atoms with Crippen molar-refractivity contribution in [3.05, 3.63) is 35.9 Å². The monoisotopic (exact) mass is 365 g/mol. The fourth-order valence-corrected chi connectivity index (χ4v) is 5.74. The van der Waals surface area contributed by atoms with Gasteiger partial charge in [0.15, 0.2) is 9.84 Å². The van der Waals surface area contributed by atoms with E-state index in [1.54, 1.807) is 0 Å². The number of hydrogen-bond donors (Lipinski definition) is 1. The molecule has 2 aliphatic rings. The van der Waals surface area contributed by atoms with Crippen molar-refractivity contribution in [1.29, 1.82) is 0 Å². The summed E-state index contributed by atoms with van der Waals surface area (Å²) < 4.78 is 24.8. The molecule has 0 aromatic heterocycles. The number of benzene rings is 1. The fraction of sp³-hybridized carbons (Fsp3) is 0.556. The number of carboxylic acid groups (broad SMARTS) is 1. The summed E-state index contributed by atoms with van der Waals surface area (Å²) in [6.45, 7) is 0.313. The van der Waals surface area contributed by atoms with Crippen LogP contribution in [0.2, 0.25) is 0 Å². The first-order valence-corrected chi connectivity index (χ1v) is 10.4. The molecule has 1 aliphatic heterocycles. The molecule has 1 amide bonds. The van der Waals surface area contributed by atoms with Crippen LogP contribution in [0, 0.1) is 5.92 Å². The zero-order valence-electron chi connectivity index (χ0n) is 14.0. The fourth-order valence-electron chi connectivity index (χ4n) is 3.92. The summed E-state index contributed by atoms with van der Waals surface area (Å²) in [5.74, 6) is -2.96. The smallest absolute Gasteiger partial charge is 0.308 e. The average molecular weight is 365 g/mol. The van der Waals surface area contributed by atoms with E-state index in [1.165, 1.54) is 4.90 Å². The molecule has 1 aromatic carbocycles. The molecule has 0 spiro atoms. The van der Waals surface area contributed by atoms with Gasteiger partial charge in [-0.25, -0.2) is 8.42 Å². The number of amides is 1. The average Bonchev–Trinajstić information content (AvgIpc) is 3.25. The van der Waals surface area contributed by atoms with Crippen molar-refractivity contribution in [2.45, 2.75) is 36.9 Å². The third-order valence-corrected chi connectivity index (χ3v) is 7.49. The van der Waals surface area contributed by atoms with E-state index in [9.17, 15) is 23.1 Å². The van der Waals surface area contributed by atoms with E-state index in [4.69, 9.17) is 0 Å². The Morgan fingerprint density at radius 1 is 1.08 bits per heavy atom. The highest BCUT2D eigenvalue weighted by molar-refractivity contribution is 7.92. The number of hydrogen-bond acceptors (Lipinski definition) is 4. The van der Waals surface area contributed by atoms with Gasteiger partial charge >= 0.3 is 5.97 Å². The van der Waals surface area contributed by atoms with Gasteiger partial charge in [0.1, 0.15) is 5.75 Å². The van der Waals surface area contributed by atoms with Crippen LogP contribution >= 0.6 is 0 Å². The number of carboxylic acids is 1. The summed E-state index contributed by atoms with van der Waals surface area (Å²) in [6, 6.07) is 9.23. The Bertz CT molecular complexity index is 740. The molecule has 0 unspecified atom stereocenters. The molecule has 1 N–H and O–H groups in total. The molecule has 1 saturated heterocycles. The Balaban J connectivity index is 1.72. The number of carbonyl (C=O) groups is 2. The maximum absolute atomic E-state index is 12.5. The van der Waals surface area contributed by atoms with Gasteiger partial charge in [0, 0.05) is 19.0 Å². The SMILES string of the molecule is O=C(O)[C@@H]1CN(C(=O)CS(=O)(=O)C2CCCC2)C[C@@H]1c1ccccc1. The second kappa shape index (κ2) is 7.15. The highest BCUT2D eigenvalue weighted by atomic mass is 32.2. The van der Waals surface area contributed by atoms with Crippen molar-refractivity contribution in [2.24, 2.45) is 5.92 Å². The van der Waals surface area contributed by atoms with Crippen LogP contribution in [0.5, 0.6) is 0 Å². The second-order valence-electron chi connectivity index (χ2n) is 6.97. The molecule has 1 heterocycles. The van der Waals surface area contributed by atoms with Gasteiger partial charge < -0.3 is 10.0 Å². The number of carbonyl (C=O) groups excluding carboxylic acids is 1. The van der Waals surface area contributed by atoms with Crippen molar-refractivity contribution in [3.8, 4) is 0 Å². The topological polar surface area (TPSA) is 91.8 Å². The first-order chi connectivity index (χ1) is 11.9. The van der Waals surface area contributed by atoms with Crippen molar-refractivity contribution < 1.29 is 23.1 Å². The molecule has 3 rings (SSSR count). The second-order valence-corrected chi connectivity index (χ2v) is 9.26. The standard InChI is InChI=1S/C18H23NO5S/c20-17(12-25(23,24)14-8-4-5-9-14)19-10-15(16(11-19)18(21)22)13-6-2-1-3-7-13/h1-3,6-7,14-16H,4-5,8-12H2,(H,21,22)/t15-,16-/m1/s1. The van der Waals surface area contributed by atoms with Gasteiger partial charge in [0.25, 0.3) is 0 Å². The first-order valence-electron chi connectivity index (χ1n) is 8.65. The van der Waals surface area contributed by atoms with Crippen LogP contribution in [-0.2, 0) is 19.4 Å². The van der Waals surface area contributed by atoms with E-state index in [1.807, 2.05) is 30.3 Å². The molecular formula is C18H23NO5S. The zero-order chi connectivity index (χ0) is 18.0. The van der Waals surface area contributed by atoms with E-state index in [0.29, 0.717) is 12.8 Å². The molecule has 2 atom stereocenters. The molecule has 25 heavy (non-hydrogen) atoms. The largest absolute Gasteiger partial charge is 0.481 e. The van der Waals surface area contributed by atoms with E-state index < -0.39 is 38.6 Å². The Kier molecular flexibility index (Phi) is 5.13. The molecule has 136 valence electrons. The number of rotatable bonds is 5. The third-order valence-electron chi connectivity index (χ3n) is 5.35. The van der Waals surface area contributed by atoms with Crippen LogP contribution in [0.1, 0.15) is 37.2 Å². The highest BCUT2D eigenvalue weighted by Gasteiger charge is 2.42. The Morgan fingerprint density at radius 3 is 2.32 bits per heavy atom. The van der Waals surface area contributed by atoms with Gasteiger partial charge in [-0.2, -0.15) is 0 Å². The lowest BCUT2D eigenvalue weighted by Crippen LogP contribution is -2.37. The third kappa shape index (κ3) is 3.86. The number of aliphatic carboxylic acids is 1. The first kappa shape index (κ1) is 17.9. The van der Waals surface area contributed by atoms with Crippen molar-refractivity contribution in [2.75, 3.05) is 18.8 Å². The lowest BCUT2D eigenvalue weighted by molar-refractivity contribution is -0.141. The maximum Gasteiger partial charge on any atom is 0.308 e. The van der Waals surface area contributed by atoms with Crippen LogP contribution in [0.15, 0.2) is 30.3 Å². The van der Waals surface area contributed by atoms with E-state index in [0.717, 1.165) is 18.4 Å². The normalized spacial score (nSPS) is 24.6. The van der Waals surface area contributed by atoms with Crippen LogP contribution in [0.3, 0.4) is 0 Å². The van der Waals surface area contributed by atoms with Gasteiger partial charge in [-0.1, -0.05) is 43.2 Å². The Morgan fingerprint density at radius 2 is 1.72 bits per heavy atom. The van der Waals surface area contributed by atoms with Crippen molar-refractivity contribution in [3.63, 3.8) is 0 Å². The highest BCUT2D eigenvalue weighted by Crippen LogP contribution is 2.33. The molecule has 0 radical (unpaired) electrons. The summed E-state index contributed by atoms with van der Waals surface area (Å²) in [5, 5.41) is 9.08. The summed E-state index contributed by atoms with van der Waals surface area (Å²) in [6.07, 6.45) is 3.03.